The van der Waals surface area contributed by atoms with Crippen LogP contribution >= 0.6 is 0 Å². The first-order chi connectivity index (χ1) is 19.7. The Morgan fingerprint density at radius 3 is 2.02 bits per heavy atom. The Labute approximate surface area is 275 Å². The number of benzene rings is 3. The Hall–Kier alpha value is -3.01. The SMILES string of the molecule is CC(C)c1c(C(=O)Nc2ccccc2)c(-c2ccccc2)c(-c2ccc(F)cc2)n1CC[C@@H](O)C[C@H](O)CC(=O)O.[Ca]. The van der Waals surface area contributed by atoms with E-state index < -0.39 is 24.6 Å². The van der Waals surface area contributed by atoms with Gasteiger partial charge in [-0.3, -0.25) is 9.59 Å². The summed E-state index contributed by atoms with van der Waals surface area (Å²) in [6.07, 6.45) is -2.51. The first-order valence-electron chi connectivity index (χ1n) is 13.7. The van der Waals surface area contributed by atoms with E-state index >= 15 is 0 Å². The van der Waals surface area contributed by atoms with Gasteiger partial charge in [0.05, 0.1) is 29.9 Å². The maximum atomic E-state index is 14.0. The maximum absolute atomic E-state index is 14.0. The minimum Gasteiger partial charge on any atom is -0.481 e. The molecule has 0 aliphatic rings. The average Bonchev–Trinajstić information content (AvgIpc) is 3.28. The summed E-state index contributed by atoms with van der Waals surface area (Å²) < 4.78 is 16.0. The molecular formula is C33H35CaFN2O5. The van der Waals surface area contributed by atoms with Gasteiger partial charge < -0.3 is 25.2 Å². The fourth-order valence-corrected chi connectivity index (χ4v) is 5.20. The largest absolute Gasteiger partial charge is 0.481 e. The third kappa shape index (κ3) is 8.30. The number of aromatic nitrogens is 1. The van der Waals surface area contributed by atoms with Crippen LogP contribution in [0.1, 0.15) is 55.1 Å². The van der Waals surface area contributed by atoms with E-state index in [0.717, 1.165) is 11.3 Å². The van der Waals surface area contributed by atoms with E-state index in [0.29, 0.717) is 28.1 Å². The van der Waals surface area contributed by atoms with E-state index in [2.05, 4.69) is 5.32 Å². The third-order valence-electron chi connectivity index (χ3n) is 6.93. The van der Waals surface area contributed by atoms with Crippen LogP contribution in [0.15, 0.2) is 84.9 Å². The summed E-state index contributed by atoms with van der Waals surface area (Å²) in [5, 5.41) is 32.8. The van der Waals surface area contributed by atoms with Crippen LogP contribution in [0.25, 0.3) is 22.4 Å². The van der Waals surface area contributed by atoms with Crippen LogP contribution in [0.3, 0.4) is 0 Å². The molecule has 0 aliphatic carbocycles. The summed E-state index contributed by atoms with van der Waals surface area (Å²) >= 11 is 0. The molecular weight excluding hydrogens is 563 g/mol. The number of halogens is 1. The molecule has 0 spiro atoms. The number of anilines is 1. The molecule has 0 aliphatic heterocycles. The van der Waals surface area contributed by atoms with Crippen LogP contribution in [0, 0.1) is 5.82 Å². The molecule has 1 aromatic heterocycles. The van der Waals surface area contributed by atoms with E-state index in [-0.39, 0.29) is 74.8 Å². The fourth-order valence-electron chi connectivity index (χ4n) is 5.20. The van der Waals surface area contributed by atoms with Gasteiger partial charge in [0.25, 0.3) is 5.91 Å². The average molecular weight is 599 g/mol. The molecule has 0 saturated carbocycles. The molecule has 2 radical (unpaired) electrons. The van der Waals surface area contributed by atoms with Crippen molar-refractivity contribution in [3.8, 4) is 22.4 Å². The zero-order valence-corrected chi connectivity index (χ0v) is 26.0. The van der Waals surface area contributed by atoms with Crippen molar-refractivity contribution < 1.29 is 29.3 Å². The standard InChI is InChI=1S/C33H35FN2O5.Ca/c1-21(2)31-30(33(41)35-25-11-7-4-8-12-25)29(22-9-5-3-6-10-22)32(23-13-15-24(34)16-14-23)36(31)18-17-26(37)19-27(38)20-28(39)40;/h3-16,21,26-27,37-38H,17-20H2,1-2H3,(H,35,41)(H,39,40);/t26-,27+;/m1./s1. The van der Waals surface area contributed by atoms with Crippen molar-refractivity contribution in [2.24, 2.45) is 0 Å². The number of carboxylic acids is 1. The van der Waals surface area contributed by atoms with Crippen molar-refractivity contribution in [1.82, 2.24) is 4.57 Å². The molecule has 1 amide bonds. The van der Waals surface area contributed by atoms with Gasteiger partial charge >= 0.3 is 5.97 Å². The molecule has 4 rings (SSSR count). The van der Waals surface area contributed by atoms with Crippen LogP contribution in [-0.2, 0) is 11.3 Å². The van der Waals surface area contributed by atoms with Gasteiger partial charge in [0.1, 0.15) is 5.82 Å². The van der Waals surface area contributed by atoms with Crippen LogP contribution in [-0.4, -0.2) is 81.7 Å². The van der Waals surface area contributed by atoms with Crippen LogP contribution in [0.5, 0.6) is 0 Å². The second-order valence-corrected chi connectivity index (χ2v) is 10.4. The maximum Gasteiger partial charge on any atom is 0.305 e. The van der Waals surface area contributed by atoms with Crippen LogP contribution in [0.4, 0.5) is 10.1 Å². The number of hydrogen-bond acceptors (Lipinski definition) is 4. The van der Waals surface area contributed by atoms with Crippen molar-refractivity contribution in [2.45, 2.75) is 57.8 Å². The number of carbonyl (C=O) groups excluding carboxylic acids is 1. The van der Waals surface area contributed by atoms with E-state index in [4.69, 9.17) is 5.11 Å². The van der Waals surface area contributed by atoms with Crippen molar-refractivity contribution >= 4 is 55.3 Å². The Balaban J connectivity index is 0.00000484. The summed E-state index contributed by atoms with van der Waals surface area (Å²) in [6.45, 7) is 4.25. The number of aliphatic hydroxyl groups is 2. The van der Waals surface area contributed by atoms with E-state index in [1.54, 1.807) is 12.1 Å². The molecule has 3 aromatic carbocycles. The Bertz CT molecular complexity index is 1470. The second-order valence-electron chi connectivity index (χ2n) is 10.4. The molecule has 7 nitrogen and oxygen atoms in total. The molecule has 0 bridgehead atoms. The number of para-hydroxylation sites is 1. The molecule has 42 heavy (non-hydrogen) atoms. The van der Waals surface area contributed by atoms with Crippen molar-refractivity contribution in [3.63, 3.8) is 0 Å². The van der Waals surface area contributed by atoms with Crippen LogP contribution < -0.4 is 5.32 Å². The summed E-state index contributed by atoms with van der Waals surface area (Å²) in [6, 6.07) is 24.8. The first-order valence-corrected chi connectivity index (χ1v) is 13.7. The van der Waals surface area contributed by atoms with Crippen molar-refractivity contribution in [2.75, 3.05) is 5.32 Å². The monoisotopic (exact) mass is 598 g/mol. The summed E-state index contributed by atoms with van der Waals surface area (Å²) in [5.74, 6) is -1.93. The summed E-state index contributed by atoms with van der Waals surface area (Å²) in [5.41, 5.74) is 4.77. The molecule has 4 aromatic rings. The third-order valence-corrected chi connectivity index (χ3v) is 6.93. The number of rotatable bonds is 12. The first kappa shape index (κ1) is 33.5. The Morgan fingerprint density at radius 1 is 0.857 bits per heavy atom. The molecule has 1 heterocycles. The van der Waals surface area contributed by atoms with Gasteiger partial charge in [-0.15, -0.1) is 0 Å². The number of amides is 1. The Morgan fingerprint density at radius 2 is 1.45 bits per heavy atom. The van der Waals surface area contributed by atoms with Crippen molar-refractivity contribution in [1.29, 1.82) is 0 Å². The topological polar surface area (TPSA) is 112 Å². The number of carbonyl (C=O) groups is 2. The molecule has 0 saturated heterocycles. The van der Waals surface area contributed by atoms with E-state index in [9.17, 15) is 24.2 Å². The van der Waals surface area contributed by atoms with Gasteiger partial charge in [-0.25, -0.2) is 4.39 Å². The van der Waals surface area contributed by atoms with Crippen molar-refractivity contribution in [3.05, 3.63) is 102 Å². The van der Waals surface area contributed by atoms with Gasteiger partial charge in [-0.2, -0.15) is 0 Å². The van der Waals surface area contributed by atoms with E-state index in [1.165, 1.54) is 12.1 Å². The van der Waals surface area contributed by atoms with Gasteiger partial charge in [0, 0.05) is 61.2 Å². The molecule has 2 atom stereocenters. The van der Waals surface area contributed by atoms with Crippen LogP contribution in [0.2, 0.25) is 0 Å². The van der Waals surface area contributed by atoms with E-state index in [1.807, 2.05) is 79.1 Å². The molecule has 4 N–H and O–H groups in total. The quantitative estimate of drug-likeness (QED) is 0.151. The fraction of sp³-hybridized carbons (Fsp3) is 0.273. The molecule has 0 unspecified atom stereocenters. The number of hydrogen-bond donors (Lipinski definition) is 4. The molecule has 9 heteroatoms. The Kier molecular flexibility index (Phi) is 12.3. The van der Waals surface area contributed by atoms with Gasteiger partial charge in [0.2, 0.25) is 0 Å². The predicted octanol–water partition coefficient (Wildman–Crippen LogP) is 5.93. The summed E-state index contributed by atoms with van der Waals surface area (Å²) in [4.78, 5) is 25.0. The van der Waals surface area contributed by atoms with Gasteiger partial charge in [-0.05, 0) is 66.3 Å². The predicted molar refractivity (Wildman–Crippen MR) is 163 cm³/mol. The number of nitrogens with one attached hydrogen (secondary N) is 1. The minimum absolute atomic E-state index is 0. The van der Waals surface area contributed by atoms with Gasteiger partial charge in [0.15, 0.2) is 0 Å². The minimum atomic E-state index is -1.18. The second kappa shape index (κ2) is 15.5. The normalized spacial score (nSPS) is 12.4. The number of aliphatic hydroxyl groups excluding tert-OH is 2. The van der Waals surface area contributed by atoms with Gasteiger partial charge in [-0.1, -0.05) is 62.4 Å². The zero-order valence-electron chi connectivity index (χ0n) is 23.8. The smallest absolute Gasteiger partial charge is 0.305 e. The number of carboxylic acid groups (broad SMARTS) is 1. The number of aliphatic carboxylic acids is 1. The number of nitrogens with zero attached hydrogens (tertiary/aromatic N) is 1. The molecule has 216 valence electrons. The summed E-state index contributed by atoms with van der Waals surface area (Å²) in [7, 11) is 0. The zero-order chi connectivity index (χ0) is 29.5. The molecule has 0 fully saturated rings.